The molecule has 2 aliphatic rings. The maximum atomic E-state index is 11.7. The molecule has 2 rings (SSSR count). The summed E-state index contributed by atoms with van der Waals surface area (Å²) in [4.78, 5) is 2.34. The van der Waals surface area contributed by atoms with Crippen molar-refractivity contribution >= 4 is 9.84 Å². The van der Waals surface area contributed by atoms with E-state index in [1.807, 2.05) is 0 Å². The van der Waals surface area contributed by atoms with E-state index in [0.717, 1.165) is 19.4 Å². The molecule has 1 unspecified atom stereocenters. The van der Waals surface area contributed by atoms with Crippen LogP contribution in [0.2, 0.25) is 0 Å². The summed E-state index contributed by atoms with van der Waals surface area (Å²) in [5, 5.41) is 3.55. The van der Waals surface area contributed by atoms with E-state index < -0.39 is 9.84 Å². The average molecular weight is 288 g/mol. The first-order chi connectivity index (χ1) is 8.94. The first-order valence-corrected chi connectivity index (χ1v) is 9.37. The Hall–Kier alpha value is -0.130. The molecule has 19 heavy (non-hydrogen) atoms. The topological polar surface area (TPSA) is 49.4 Å². The highest BCUT2D eigenvalue weighted by atomic mass is 32.2. The Kier molecular flexibility index (Phi) is 4.90. The molecule has 1 aliphatic heterocycles. The van der Waals surface area contributed by atoms with Gasteiger partial charge in [0.2, 0.25) is 0 Å². The van der Waals surface area contributed by atoms with Crippen molar-refractivity contribution in [2.75, 3.05) is 32.1 Å². The van der Waals surface area contributed by atoms with E-state index in [1.165, 1.54) is 32.1 Å². The normalized spacial score (nSPS) is 30.4. The van der Waals surface area contributed by atoms with Crippen LogP contribution in [0.3, 0.4) is 0 Å². The summed E-state index contributed by atoms with van der Waals surface area (Å²) in [7, 11) is 1.51. The lowest BCUT2D eigenvalue weighted by molar-refractivity contribution is 0.0954. The van der Waals surface area contributed by atoms with Crippen LogP contribution in [0.15, 0.2) is 0 Å². The molecule has 0 aromatic heterocycles. The molecule has 2 fully saturated rings. The van der Waals surface area contributed by atoms with Gasteiger partial charge < -0.3 is 10.2 Å². The second-order valence-corrected chi connectivity index (χ2v) is 8.74. The molecule has 1 saturated heterocycles. The van der Waals surface area contributed by atoms with Gasteiger partial charge in [-0.3, -0.25) is 0 Å². The first-order valence-electron chi connectivity index (χ1n) is 7.55. The third-order valence-electron chi connectivity index (χ3n) is 4.92. The zero-order valence-corrected chi connectivity index (χ0v) is 13.1. The van der Waals surface area contributed by atoms with E-state index in [2.05, 4.69) is 24.3 Å². The molecule has 1 atom stereocenters. The lowest BCUT2D eigenvalue weighted by Crippen LogP contribution is -2.55. The standard InChI is InChI=1S/C14H28N2O2S/c1-16(2)14(8-4-3-5-9-14)12-15-13-7-6-10-19(17,18)11-13/h13,15H,3-12H2,1-2H3. The first kappa shape index (κ1) is 15.3. The van der Waals surface area contributed by atoms with Crippen molar-refractivity contribution < 1.29 is 8.42 Å². The highest BCUT2D eigenvalue weighted by Crippen LogP contribution is 2.31. The molecule has 0 bridgehead atoms. The Morgan fingerprint density at radius 2 is 1.84 bits per heavy atom. The average Bonchev–Trinajstić information content (AvgIpc) is 2.36. The number of sulfone groups is 1. The number of rotatable bonds is 4. The van der Waals surface area contributed by atoms with Crippen molar-refractivity contribution in [2.24, 2.45) is 0 Å². The Morgan fingerprint density at radius 3 is 2.42 bits per heavy atom. The summed E-state index contributed by atoms with van der Waals surface area (Å²) >= 11 is 0. The number of hydrogen-bond donors (Lipinski definition) is 1. The van der Waals surface area contributed by atoms with Gasteiger partial charge in [-0.1, -0.05) is 19.3 Å². The van der Waals surface area contributed by atoms with Crippen LogP contribution in [-0.4, -0.2) is 57.0 Å². The molecule has 1 saturated carbocycles. The molecule has 0 amide bonds. The van der Waals surface area contributed by atoms with Gasteiger partial charge in [-0.2, -0.15) is 0 Å². The molecule has 112 valence electrons. The molecule has 0 spiro atoms. The largest absolute Gasteiger partial charge is 0.311 e. The third-order valence-corrected chi connectivity index (χ3v) is 6.74. The Morgan fingerprint density at radius 1 is 1.16 bits per heavy atom. The predicted octanol–water partition coefficient (Wildman–Crippen LogP) is 1.42. The fourth-order valence-electron chi connectivity index (χ4n) is 3.51. The summed E-state index contributed by atoms with van der Waals surface area (Å²) < 4.78 is 23.4. The minimum Gasteiger partial charge on any atom is -0.311 e. The minimum absolute atomic E-state index is 0.164. The maximum Gasteiger partial charge on any atom is 0.151 e. The Bertz CT molecular complexity index is 386. The summed E-state index contributed by atoms with van der Waals surface area (Å²) in [5.41, 5.74) is 0.236. The maximum absolute atomic E-state index is 11.7. The second-order valence-electron chi connectivity index (χ2n) is 6.51. The number of nitrogens with one attached hydrogen (secondary N) is 1. The molecule has 0 aromatic carbocycles. The van der Waals surface area contributed by atoms with Crippen LogP contribution in [0.4, 0.5) is 0 Å². The molecule has 5 heteroatoms. The van der Waals surface area contributed by atoms with Crippen molar-refractivity contribution in [1.29, 1.82) is 0 Å². The molecule has 0 aromatic rings. The monoisotopic (exact) mass is 288 g/mol. The zero-order valence-electron chi connectivity index (χ0n) is 12.3. The van der Waals surface area contributed by atoms with Crippen LogP contribution in [0.25, 0.3) is 0 Å². The van der Waals surface area contributed by atoms with Gasteiger partial charge in [0.25, 0.3) is 0 Å². The lowest BCUT2D eigenvalue weighted by atomic mass is 9.80. The minimum atomic E-state index is -2.80. The summed E-state index contributed by atoms with van der Waals surface area (Å²) in [6.45, 7) is 0.931. The SMILES string of the molecule is CN(C)C1(CNC2CCCS(=O)(=O)C2)CCCCC1. The zero-order chi connectivity index (χ0) is 13.9. The van der Waals surface area contributed by atoms with Crippen LogP contribution in [0.5, 0.6) is 0 Å². The van der Waals surface area contributed by atoms with E-state index in [0.29, 0.717) is 11.5 Å². The number of nitrogens with zero attached hydrogens (tertiary/aromatic N) is 1. The van der Waals surface area contributed by atoms with Crippen molar-refractivity contribution in [1.82, 2.24) is 10.2 Å². The van der Waals surface area contributed by atoms with Gasteiger partial charge in [0.1, 0.15) is 0 Å². The van der Waals surface area contributed by atoms with Crippen LogP contribution < -0.4 is 5.32 Å². The highest BCUT2D eigenvalue weighted by Gasteiger charge is 2.35. The van der Waals surface area contributed by atoms with Crippen molar-refractivity contribution in [3.05, 3.63) is 0 Å². The fourth-order valence-corrected chi connectivity index (χ4v) is 5.18. The lowest BCUT2D eigenvalue weighted by Gasteiger charge is -2.44. The van der Waals surface area contributed by atoms with Crippen molar-refractivity contribution in [2.45, 2.75) is 56.5 Å². The predicted molar refractivity (Wildman–Crippen MR) is 79.2 cm³/mol. The molecule has 0 radical (unpaired) electrons. The molecular weight excluding hydrogens is 260 g/mol. The van der Waals surface area contributed by atoms with Gasteiger partial charge in [-0.15, -0.1) is 0 Å². The van der Waals surface area contributed by atoms with E-state index in [-0.39, 0.29) is 11.6 Å². The van der Waals surface area contributed by atoms with Crippen LogP contribution >= 0.6 is 0 Å². The van der Waals surface area contributed by atoms with E-state index in [1.54, 1.807) is 0 Å². The van der Waals surface area contributed by atoms with Gasteiger partial charge in [0, 0.05) is 18.1 Å². The molecule has 4 nitrogen and oxygen atoms in total. The van der Waals surface area contributed by atoms with E-state index in [9.17, 15) is 8.42 Å². The summed E-state index contributed by atoms with van der Waals surface area (Å²) in [5.74, 6) is 0.709. The molecule has 1 N–H and O–H groups in total. The molecular formula is C14H28N2O2S. The van der Waals surface area contributed by atoms with Crippen molar-refractivity contribution in [3.8, 4) is 0 Å². The van der Waals surface area contributed by atoms with Gasteiger partial charge in [-0.25, -0.2) is 8.42 Å². The fraction of sp³-hybridized carbons (Fsp3) is 1.00. The number of likely N-dealkylation sites (N-methyl/N-ethyl adjacent to an activating group) is 1. The third kappa shape index (κ3) is 3.92. The van der Waals surface area contributed by atoms with Crippen LogP contribution in [0, 0.1) is 0 Å². The van der Waals surface area contributed by atoms with Gasteiger partial charge in [-0.05, 0) is 39.8 Å². The van der Waals surface area contributed by atoms with Gasteiger partial charge in [0.05, 0.1) is 11.5 Å². The van der Waals surface area contributed by atoms with E-state index in [4.69, 9.17) is 0 Å². The molecule has 1 aliphatic carbocycles. The van der Waals surface area contributed by atoms with Crippen molar-refractivity contribution in [3.63, 3.8) is 0 Å². The second kappa shape index (κ2) is 6.10. The van der Waals surface area contributed by atoms with E-state index >= 15 is 0 Å². The smallest absolute Gasteiger partial charge is 0.151 e. The van der Waals surface area contributed by atoms with Crippen LogP contribution in [0.1, 0.15) is 44.9 Å². The van der Waals surface area contributed by atoms with Gasteiger partial charge in [0.15, 0.2) is 9.84 Å². The Labute approximate surface area is 117 Å². The molecule has 1 heterocycles. The summed E-state index contributed by atoms with van der Waals surface area (Å²) in [6, 6.07) is 0.164. The quantitative estimate of drug-likeness (QED) is 0.850. The highest BCUT2D eigenvalue weighted by molar-refractivity contribution is 7.91. The number of hydrogen-bond acceptors (Lipinski definition) is 4. The van der Waals surface area contributed by atoms with Crippen LogP contribution in [-0.2, 0) is 9.84 Å². The van der Waals surface area contributed by atoms with Gasteiger partial charge >= 0.3 is 0 Å². The summed E-state index contributed by atoms with van der Waals surface area (Å²) in [6.07, 6.45) is 8.20. The Balaban J connectivity index is 1.92.